The first-order chi connectivity index (χ1) is 4.38. The Labute approximate surface area is 52.1 Å². The smallest absolute Gasteiger partial charge is 0.226 e. The molecule has 4 nitrogen and oxygen atoms in total. The number of methoxy groups -OCH3 is 1. The van der Waals surface area contributed by atoms with Crippen LogP contribution in [0.15, 0.2) is 16.9 Å². The van der Waals surface area contributed by atoms with Crippen LogP contribution in [-0.4, -0.2) is 7.11 Å². The fourth-order valence-corrected chi connectivity index (χ4v) is 0.508. The summed E-state index contributed by atoms with van der Waals surface area (Å²) in [5.41, 5.74) is 0. The first kappa shape index (κ1) is 5.97. The molecular formula is C5H7NO3. The fourth-order valence-electron chi connectivity index (χ4n) is 0.508. The molecule has 4 heteroatoms. The van der Waals surface area contributed by atoms with E-state index in [9.17, 15) is 0 Å². The van der Waals surface area contributed by atoms with E-state index in [4.69, 9.17) is 15.1 Å². The van der Waals surface area contributed by atoms with Crippen LogP contribution in [0.5, 0.6) is 11.5 Å². The van der Waals surface area contributed by atoms with Gasteiger partial charge < -0.3 is 14.0 Å². The summed E-state index contributed by atoms with van der Waals surface area (Å²) in [5.74, 6) is 5.73. The molecule has 2 N–H and O–H groups in total. The van der Waals surface area contributed by atoms with Crippen molar-refractivity contribution in [1.82, 2.24) is 0 Å². The predicted molar refractivity (Wildman–Crippen MR) is 30.1 cm³/mol. The first-order valence-corrected chi connectivity index (χ1v) is 2.35. The summed E-state index contributed by atoms with van der Waals surface area (Å²) >= 11 is 0. The molecule has 0 unspecified atom stereocenters. The number of hydrogen-bond donors (Lipinski definition) is 1. The SMILES string of the molecule is COc1cocc1ON. The monoisotopic (exact) mass is 129 g/mol. The van der Waals surface area contributed by atoms with Crippen LogP contribution in [0, 0.1) is 0 Å². The average Bonchev–Trinajstić information content (AvgIpc) is 2.33. The van der Waals surface area contributed by atoms with Crippen molar-refractivity contribution in [2.24, 2.45) is 5.90 Å². The van der Waals surface area contributed by atoms with Gasteiger partial charge in [0.05, 0.1) is 7.11 Å². The molecule has 1 aromatic heterocycles. The molecule has 0 amide bonds. The van der Waals surface area contributed by atoms with E-state index in [0.29, 0.717) is 11.5 Å². The van der Waals surface area contributed by atoms with Crippen molar-refractivity contribution in [1.29, 1.82) is 0 Å². The fraction of sp³-hybridized carbons (Fsp3) is 0.200. The maximum atomic E-state index is 4.83. The Kier molecular flexibility index (Phi) is 1.60. The molecule has 0 fully saturated rings. The molecule has 0 aromatic carbocycles. The quantitative estimate of drug-likeness (QED) is 0.592. The second kappa shape index (κ2) is 2.41. The maximum Gasteiger partial charge on any atom is 0.226 e. The number of hydrogen-bond acceptors (Lipinski definition) is 4. The third-order valence-electron chi connectivity index (χ3n) is 0.940. The highest BCUT2D eigenvalue weighted by atomic mass is 16.6. The van der Waals surface area contributed by atoms with Crippen LogP contribution in [-0.2, 0) is 0 Å². The first-order valence-electron chi connectivity index (χ1n) is 2.35. The molecule has 1 rings (SSSR count). The van der Waals surface area contributed by atoms with Crippen molar-refractivity contribution in [3.8, 4) is 11.5 Å². The normalized spacial score (nSPS) is 9.11. The lowest BCUT2D eigenvalue weighted by molar-refractivity contribution is 0.307. The van der Waals surface area contributed by atoms with Gasteiger partial charge in [-0.1, -0.05) is 0 Å². The van der Waals surface area contributed by atoms with Crippen molar-refractivity contribution in [3.63, 3.8) is 0 Å². The van der Waals surface area contributed by atoms with Crippen molar-refractivity contribution in [3.05, 3.63) is 12.5 Å². The van der Waals surface area contributed by atoms with Gasteiger partial charge in [0, 0.05) is 0 Å². The highest BCUT2D eigenvalue weighted by Crippen LogP contribution is 2.25. The van der Waals surface area contributed by atoms with Crippen molar-refractivity contribution in [2.45, 2.75) is 0 Å². The maximum absolute atomic E-state index is 4.83. The Morgan fingerprint density at radius 2 is 2.11 bits per heavy atom. The van der Waals surface area contributed by atoms with E-state index in [1.807, 2.05) is 0 Å². The predicted octanol–water partition coefficient (Wildman–Crippen LogP) is 0.541. The molecule has 0 aliphatic rings. The Morgan fingerprint density at radius 1 is 1.44 bits per heavy atom. The standard InChI is InChI=1S/C5H7NO3/c1-7-4-2-8-3-5(4)9-6/h2-3H,6H2,1H3. The number of ether oxygens (including phenoxy) is 1. The second-order valence-corrected chi connectivity index (χ2v) is 1.42. The lowest BCUT2D eigenvalue weighted by atomic mass is 10.5. The minimum Gasteiger partial charge on any atom is -0.490 e. The third kappa shape index (κ3) is 0.972. The molecule has 0 aliphatic heterocycles. The van der Waals surface area contributed by atoms with Crippen LogP contribution < -0.4 is 15.5 Å². The Balaban J connectivity index is 2.85. The molecule has 1 aromatic rings. The number of nitrogens with two attached hydrogens (primary N) is 1. The van der Waals surface area contributed by atoms with Gasteiger partial charge in [0.2, 0.25) is 11.5 Å². The lowest BCUT2D eigenvalue weighted by Gasteiger charge is -1.95. The molecule has 9 heavy (non-hydrogen) atoms. The van der Waals surface area contributed by atoms with Gasteiger partial charge in [0.25, 0.3) is 0 Å². The van der Waals surface area contributed by atoms with E-state index in [1.165, 1.54) is 19.6 Å². The number of rotatable bonds is 2. The van der Waals surface area contributed by atoms with Crippen molar-refractivity contribution < 1.29 is 14.0 Å². The Hall–Kier alpha value is -1.16. The topological polar surface area (TPSA) is 57.6 Å². The zero-order valence-electron chi connectivity index (χ0n) is 4.96. The minimum atomic E-state index is 0.400. The van der Waals surface area contributed by atoms with Crippen molar-refractivity contribution in [2.75, 3.05) is 7.11 Å². The zero-order chi connectivity index (χ0) is 6.69. The molecule has 0 aliphatic carbocycles. The molecule has 0 radical (unpaired) electrons. The molecule has 1 heterocycles. The van der Waals surface area contributed by atoms with E-state index >= 15 is 0 Å². The summed E-state index contributed by atoms with van der Waals surface area (Å²) < 4.78 is 9.47. The minimum absolute atomic E-state index is 0.400. The Bertz CT molecular complexity index is 166. The summed E-state index contributed by atoms with van der Waals surface area (Å²) in [6.45, 7) is 0. The molecule has 0 atom stereocenters. The summed E-state index contributed by atoms with van der Waals surface area (Å²) in [4.78, 5) is 4.36. The highest BCUT2D eigenvalue weighted by Gasteiger charge is 2.03. The number of furan rings is 1. The summed E-state index contributed by atoms with van der Waals surface area (Å²) in [6.07, 6.45) is 2.76. The second-order valence-electron chi connectivity index (χ2n) is 1.42. The van der Waals surface area contributed by atoms with Gasteiger partial charge in [-0.2, -0.15) is 5.90 Å². The van der Waals surface area contributed by atoms with Crippen LogP contribution >= 0.6 is 0 Å². The molecule has 0 spiro atoms. The molecule has 0 saturated heterocycles. The van der Waals surface area contributed by atoms with E-state index in [1.54, 1.807) is 0 Å². The molecule has 0 saturated carbocycles. The molecular weight excluding hydrogens is 122 g/mol. The van der Waals surface area contributed by atoms with Gasteiger partial charge >= 0.3 is 0 Å². The van der Waals surface area contributed by atoms with Crippen LogP contribution in [0.1, 0.15) is 0 Å². The van der Waals surface area contributed by atoms with Gasteiger partial charge in [0.1, 0.15) is 12.5 Å². The van der Waals surface area contributed by atoms with Gasteiger partial charge in [-0.3, -0.25) is 0 Å². The third-order valence-corrected chi connectivity index (χ3v) is 0.940. The van der Waals surface area contributed by atoms with E-state index in [-0.39, 0.29) is 0 Å². The van der Waals surface area contributed by atoms with Gasteiger partial charge in [0.15, 0.2) is 0 Å². The van der Waals surface area contributed by atoms with Gasteiger partial charge in [-0.15, -0.1) is 0 Å². The Morgan fingerprint density at radius 3 is 2.56 bits per heavy atom. The van der Waals surface area contributed by atoms with E-state index in [2.05, 4.69) is 4.84 Å². The summed E-state index contributed by atoms with van der Waals surface area (Å²) in [6, 6.07) is 0. The van der Waals surface area contributed by atoms with Crippen LogP contribution in [0.25, 0.3) is 0 Å². The lowest BCUT2D eigenvalue weighted by Crippen LogP contribution is -2.01. The largest absolute Gasteiger partial charge is 0.490 e. The summed E-state index contributed by atoms with van der Waals surface area (Å²) in [7, 11) is 1.51. The highest BCUT2D eigenvalue weighted by molar-refractivity contribution is 5.34. The van der Waals surface area contributed by atoms with Crippen LogP contribution in [0.3, 0.4) is 0 Å². The van der Waals surface area contributed by atoms with Gasteiger partial charge in [-0.25, -0.2) is 0 Å². The molecule has 0 bridgehead atoms. The average molecular weight is 129 g/mol. The van der Waals surface area contributed by atoms with Gasteiger partial charge in [-0.05, 0) is 0 Å². The van der Waals surface area contributed by atoms with Crippen LogP contribution in [0.2, 0.25) is 0 Å². The molecule has 50 valence electrons. The van der Waals surface area contributed by atoms with Crippen LogP contribution in [0.4, 0.5) is 0 Å². The van der Waals surface area contributed by atoms with E-state index < -0.39 is 0 Å². The van der Waals surface area contributed by atoms with E-state index in [0.717, 1.165) is 0 Å². The zero-order valence-corrected chi connectivity index (χ0v) is 4.96. The van der Waals surface area contributed by atoms with Crippen molar-refractivity contribution >= 4 is 0 Å². The summed E-state index contributed by atoms with van der Waals surface area (Å²) in [5, 5.41) is 0.